The van der Waals surface area contributed by atoms with Gasteiger partial charge in [0.25, 0.3) is 0 Å². The molecule has 0 heteroatoms. The van der Waals surface area contributed by atoms with Crippen molar-refractivity contribution in [3.05, 3.63) is 0 Å². The van der Waals surface area contributed by atoms with Crippen molar-refractivity contribution >= 4 is 0 Å². The van der Waals surface area contributed by atoms with Crippen LogP contribution in [0.3, 0.4) is 0 Å². The minimum Gasteiger partial charge on any atom is -0.0625 e. The summed E-state index contributed by atoms with van der Waals surface area (Å²) in [5.74, 6) is 1.02. The second-order valence-electron chi connectivity index (χ2n) is 6.82. The van der Waals surface area contributed by atoms with Gasteiger partial charge in [0.15, 0.2) is 0 Å². The third-order valence-electron chi connectivity index (χ3n) is 5.89. The molecule has 3 rings (SSSR count). The maximum Gasteiger partial charge on any atom is -0.0238 e. The zero-order valence-corrected chi connectivity index (χ0v) is 10.4. The van der Waals surface area contributed by atoms with Crippen molar-refractivity contribution in [3.63, 3.8) is 0 Å². The maximum atomic E-state index is 2.50. The van der Waals surface area contributed by atoms with Gasteiger partial charge in [-0.1, -0.05) is 39.0 Å². The van der Waals surface area contributed by atoms with E-state index in [1.807, 2.05) is 0 Å². The fourth-order valence-corrected chi connectivity index (χ4v) is 4.84. The molecule has 0 heterocycles. The lowest BCUT2D eigenvalue weighted by molar-refractivity contribution is 0.0264. The number of fused-ring (bicyclic) bond motifs is 1. The van der Waals surface area contributed by atoms with Gasteiger partial charge in [-0.25, -0.2) is 0 Å². The van der Waals surface area contributed by atoms with Gasteiger partial charge in [0.05, 0.1) is 0 Å². The zero-order valence-electron chi connectivity index (χ0n) is 10.4. The fourth-order valence-electron chi connectivity index (χ4n) is 4.84. The minimum atomic E-state index is 0.821. The summed E-state index contributed by atoms with van der Waals surface area (Å²) in [5.41, 5.74) is 1.69. The molecular formula is C15H26. The molecule has 86 valence electrons. The number of rotatable bonds is 0. The van der Waals surface area contributed by atoms with Gasteiger partial charge in [-0.3, -0.25) is 0 Å². The fraction of sp³-hybridized carbons (Fsp3) is 1.00. The van der Waals surface area contributed by atoms with E-state index in [4.69, 9.17) is 0 Å². The largest absolute Gasteiger partial charge is 0.0625 e. The van der Waals surface area contributed by atoms with Crippen molar-refractivity contribution in [3.8, 4) is 0 Å². The molecule has 15 heavy (non-hydrogen) atoms. The van der Waals surface area contributed by atoms with E-state index >= 15 is 0 Å². The summed E-state index contributed by atoms with van der Waals surface area (Å²) in [6.07, 6.45) is 17.1. The lowest BCUT2D eigenvalue weighted by Gasteiger charge is -2.47. The van der Waals surface area contributed by atoms with E-state index < -0.39 is 0 Å². The van der Waals surface area contributed by atoms with Crippen molar-refractivity contribution in [2.45, 2.75) is 77.6 Å². The van der Waals surface area contributed by atoms with Crippen molar-refractivity contribution in [2.24, 2.45) is 16.7 Å². The first-order valence-electron chi connectivity index (χ1n) is 7.27. The third kappa shape index (κ3) is 1.56. The average molecular weight is 206 g/mol. The Hall–Kier alpha value is 0. The molecule has 0 aromatic rings. The van der Waals surface area contributed by atoms with E-state index in [2.05, 4.69) is 6.92 Å². The van der Waals surface area contributed by atoms with Crippen LogP contribution in [0.2, 0.25) is 0 Å². The predicted octanol–water partition coefficient (Wildman–Crippen LogP) is 4.93. The predicted molar refractivity (Wildman–Crippen MR) is 64.8 cm³/mol. The van der Waals surface area contributed by atoms with Crippen LogP contribution in [0.5, 0.6) is 0 Å². The van der Waals surface area contributed by atoms with Gasteiger partial charge in [0.1, 0.15) is 0 Å². The first-order chi connectivity index (χ1) is 7.27. The Morgan fingerprint density at radius 1 is 0.733 bits per heavy atom. The Balaban J connectivity index is 1.84. The topological polar surface area (TPSA) is 0 Å². The first-order valence-corrected chi connectivity index (χ1v) is 7.27. The molecule has 1 unspecified atom stereocenters. The Kier molecular flexibility index (Phi) is 2.37. The average Bonchev–Trinajstić information content (AvgIpc) is 2.98. The molecule has 0 amide bonds. The van der Waals surface area contributed by atoms with E-state index in [1.165, 1.54) is 32.1 Å². The van der Waals surface area contributed by atoms with Crippen LogP contribution in [0.1, 0.15) is 77.6 Å². The monoisotopic (exact) mass is 206 g/mol. The third-order valence-corrected chi connectivity index (χ3v) is 5.89. The van der Waals surface area contributed by atoms with Gasteiger partial charge in [-0.2, -0.15) is 0 Å². The molecule has 3 aliphatic carbocycles. The highest BCUT2D eigenvalue weighted by molar-refractivity contribution is 5.10. The Morgan fingerprint density at radius 2 is 1.40 bits per heavy atom. The molecule has 2 spiro atoms. The summed E-state index contributed by atoms with van der Waals surface area (Å²) >= 11 is 0. The van der Waals surface area contributed by atoms with Gasteiger partial charge in [-0.05, 0) is 55.3 Å². The molecule has 1 atom stereocenters. The van der Waals surface area contributed by atoms with Crippen LogP contribution < -0.4 is 0 Å². The van der Waals surface area contributed by atoms with Gasteiger partial charge in [0.2, 0.25) is 0 Å². The standard InChI is InChI=1S/C15H26/c1-13-6-9-14(10-11-14)15(12-13)7-4-2-3-5-8-15/h13H,2-12H2,1H3. The molecule has 0 nitrogen and oxygen atoms in total. The Morgan fingerprint density at radius 3 is 2.00 bits per heavy atom. The maximum absolute atomic E-state index is 2.50. The van der Waals surface area contributed by atoms with Crippen molar-refractivity contribution in [2.75, 3.05) is 0 Å². The molecule has 3 saturated carbocycles. The normalized spacial score (nSPS) is 37.8. The molecule has 0 N–H and O–H groups in total. The van der Waals surface area contributed by atoms with Crippen molar-refractivity contribution in [1.82, 2.24) is 0 Å². The van der Waals surface area contributed by atoms with Gasteiger partial charge >= 0.3 is 0 Å². The van der Waals surface area contributed by atoms with E-state index in [1.54, 1.807) is 38.5 Å². The van der Waals surface area contributed by atoms with Crippen LogP contribution in [0.25, 0.3) is 0 Å². The summed E-state index contributed by atoms with van der Waals surface area (Å²) in [7, 11) is 0. The molecular weight excluding hydrogens is 180 g/mol. The lowest BCUT2D eigenvalue weighted by Crippen LogP contribution is -2.37. The van der Waals surface area contributed by atoms with E-state index in [0.29, 0.717) is 0 Å². The second kappa shape index (κ2) is 3.50. The summed E-state index contributed by atoms with van der Waals surface area (Å²) in [4.78, 5) is 0. The molecule has 3 fully saturated rings. The molecule has 0 aromatic heterocycles. The Bertz CT molecular complexity index is 228. The minimum absolute atomic E-state index is 0.821. The highest BCUT2D eigenvalue weighted by atomic mass is 14.6. The first kappa shape index (κ1) is 10.2. The summed E-state index contributed by atoms with van der Waals surface area (Å²) < 4.78 is 0. The van der Waals surface area contributed by atoms with Gasteiger partial charge < -0.3 is 0 Å². The van der Waals surface area contributed by atoms with Crippen molar-refractivity contribution < 1.29 is 0 Å². The number of hydrogen-bond donors (Lipinski definition) is 0. The zero-order chi connectivity index (χ0) is 10.4. The van der Waals surface area contributed by atoms with E-state index in [9.17, 15) is 0 Å². The molecule has 0 aromatic carbocycles. The summed E-state index contributed by atoms with van der Waals surface area (Å²) in [6.45, 7) is 2.50. The lowest BCUT2D eigenvalue weighted by atomic mass is 9.57. The highest BCUT2D eigenvalue weighted by Crippen LogP contribution is 2.70. The molecule has 0 aliphatic heterocycles. The highest BCUT2D eigenvalue weighted by Gasteiger charge is 2.59. The van der Waals surface area contributed by atoms with Crippen LogP contribution in [-0.4, -0.2) is 0 Å². The van der Waals surface area contributed by atoms with Crippen LogP contribution in [0.4, 0.5) is 0 Å². The van der Waals surface area contributed by atoms with Crippen LogP contribution in [0, 0.1) is 16.7 Å². The molecule has 0 bridgehead atoms. The van der Waals surface area contributed by atoms with Crippen LogP contribution in [-0.2, 0) is 0 Å². The van der Waals surface area contributed by atoms with Crippen molar-refractivity contribution in [1.29, 1.82) is 0 Å². The van der Waals surface area contributed by atoms with Gasteiger partial charge in [-0.15, -0.1) is 0 Å². The second-order valence-corrected chi connectivity index (χ2v) is 6.82. The molecule has 3 aliphatic rings. The van der Waals surface area contributed by atoms with Gasteiger partial charge in [0, 0.05) is 0 Å². The van der Waals surface area contributed by atoms with Crippen LogP contribution in [0.15, 0.2) is 0 Å². The molecule has 0 radical (unpaired) electrons. The SMILES string of the molecule is CC1CCC2(CC2)C2(CCCCCC2)C1. The quantitative estimate of drug-likeness (QED) is 0.527. The smallest absolute Gasteiger partial charge is 0.0238 e. The van der Waals surface area contributed by atoms with E-state index in [-0.39, 0.29) is 0 Å². The number of hydrogen-bond acceptors (Lipinski definition) is 0. The summed E-state index contributed by atoms with van der Waals surface area (Å²) in [5, 5.41) is 0. The van der Waals surface area contributed by atoms with E-state index in [0.717, 1.165) is 16.7 Å². The van der Waals surface area contributed by atoms with Crippen LogP contribution >= 0.6 is 0 Å². The molecule has 0 saturated heterocycles. The Labute approximate surface area is 94.8 Å². The summed E-state index contributed by atoms with van der Waals surface area (Å²) in [6, 6.07) is 0.